The molecular weight excluding hydrogens is 466 g/mol. The number of hydrogen-bond acceptors (Lipinski definition) is 7. The summed E-state index contributed by atoms with van der Waals surface area (Å²) in [6.07, 6.45) is 1.20. The molecule has 34 heavy (non-hydrogen) atoms. The van der Waals surface area contributed by atoms with Crippen molar-refractivity contribution in [2.24, 2.45) is 0 Å². The highest BCUT2D eigenvalue weighted by Crippen LogP contribution is 2.46. The number of allylic oxidation sites excluding steroid dienone is 3. The normalized spacial score (nSPS) is 20.1. The fourth-order valence-corrected chi connectivity index (χ4v) is 6.03. The average molecular weight is 498 g/mol. The minimum absolute atomic E-state index is 0.0883. The number of ketones is 1. The molecular formula is C27H31NO4S2. The second kappa shape index (κ2) is 11.3. The van der Waals surface area contributed by atoms with Gasteiger partial charge >= 0.3 is 5.97 Å². The molecule has 0 saturated carbocycles. The molecule has 0 amide bonds. The van der Waals surface area contributed by atoms with Crippen LogP contribution < -0.4 is 10.1 Å². The van der Waals surface area contributed by atoms with E-state index in [-0.39, 0.29) is 17.7 Å². The van der Waals surface area contributed by atoms with Crippen molar-refractivity contribution in [3.8, 4) is 5.75 Å². The summed E-state index contributed by atoms with van der Waals surface area (Å²) in [6.45, 7) is 6.86. The molecule has 1 aliphatic carbocycles. The van der Waals surface area contributed by atoms with Gasteiger partial charge in [-0.2, -0.15) is 11.8 Å². The van der Waals surface area contributed by atoms with Crippen LogP contribution in [-0.4, -0.2) is 36.5 Å². The molecule has 7 heteroatoms. The molecule has 2 aromatic rings. The lowest BCUT2D eigenvalue weighted by atomic mass is 9.72. The summed E-state index contributed by atoms with van der Waals surface area (Å²) in [6, 6.07) is 11.8. The van der Waals surface area contributed by atoms with Gasteiger partial charge in [-0.1, -0.05) is 25.1 Å². The van der Waals surface area contributed by atoms with Gasteiger partial charge < -0.3 is 14.8 Å². The third-order valence-corrected chi connectivity index (χ3v) is 8.08. The van der Waals surface area contributed by atoms with E-state index in [9.17, 15) is 9.59 Å². The van der Waals surface area contributed by atoms with E-state index < -0.39 is 5.92 Å². The predicted octanol–water partition coefficient (Wildman–Crippen LogP) is 5.80. The van der Waals surface area contributed by atoms with Crippen LogP contribution in [-0.2, 0) is 14.3 Å². The van der Waals surface area contributed by atoms with E-state index in [0.29, 0.717) is 30.8 Å². The van der Waals surface area contributed by atoms with Gasteiger partial charge in [-0.05, 0) is 55.2 Å². The Kier molecular flexibility index (Phi) is 8.16. The third kappa shape index (κ3) is 5.26. The maximum Gasteiger partial charge on any atom is 0.336 e. The van der Waals surface area contributed by atoms with Gasteiger partial charge in [0.2, 0.25) is 0 Å². The van der Waals surface area contributed by atoms with Crippen LogP contribution in [0, 0.1) is 0 Å². The van der Waals surface area contributed by atoms with Crippen LogP contribution in [0.5, 0.6) is 5.75 Å². The molecule has 180 valence electrons. The molecule has 0 unspecified atom stereocenters. The van der Waals surface area contributed by atoms with E-state index in [1.54, 1.807) is 23.1 Å². The van der Waals surface area contributed by atoms with Gasteiger partial charge in [0, 0.05) is 45.9 Å². The summed E-state index contributed by atoms with van der Waals surface area (Å²) in [5, 5.41) is 5.47. The lowest BCUT2D eigenvalue weighted by molar-refractivity contribution is -0.138. The zero-order valence-electron chi connectivity index (χ0n) is 19.9. The van der Waals surface area contributed by atoms with Crippen LogP contribution in [0.15, 0.2) is 64.3 Å². The Morgan fingerprint density at radius 3 is 2.65 bits per heavy atom. The Morgan fingerprint density at radius 2 is 1.97 bits per heavy atom. The Morgan fingerprint density at radius 1 is 1.18 bits per heavy atom. The van der Waals surface area contributed by atoms with Gasteiger partial charge in [0.25, 0.3) is 0 Å². The molecule has 2 heterocycles. The number of thioether (sulfide) groups is 1. The smallest absolute Gasteiger partial charge is 0.336 e. The summed E-state index contributed by atoms with van der Waals surface area (Å²) >= 11 is 3.42. The van der Waals surface area contributed by atoms with Crippen molar-refractivity contribution in [2.45, 2.75) is 45.4 Å². The third-order valence-electron chi connectivity index (χ3n) is 6.18. The molecule has 0 fully saturated rings. The number of esters is 1. The van der Waals surface area contributed by atoms with Gasteiger partial charge in [0.05, 0.1) is 12.2 Å². The number of ether oxygens (including phenoxy) is 2. The highest BCUT2D eigenvalue weighted by atomic mass is 32.2. The van der Waals surface area contributed by atoms with E-state index in [4.69, 9.17) is 9.47 Å². The molecule has 1 N–H and O–H groups in total. The highest BCUT2D eigenvalue weighted by Gasteiger charge is 2.41. The van der Waals surface area contributed by atoms with Crippen molar-refractivity contribution in [1.29, 1.82) is 0 Å². The maximum absolute atomic E-state index is 13.6. The number of hydrogen-bond donors (Lipinski definition) is 1. The van der Waals surface area contributed by atoms with Crippen molar-refractivity contribution in [2.75, 3.05) is 24.7 Å². The molecule has 1 aliphatic heterocycles. The van der Waals surface area contributed by atoms with Crippen LogP contribution in [0.2, 0.25) is 0 Å². The second-order valence-corrected chi connectivity index (χ2v) is 10.7. The molecule has 0 bridgehead atoms. The van der Waals surface area contributed by atoms with Crippen LogP contribution in [0.4, 0.5) is 0 Å². The number of carbonyl (C=O) groups is 2. The van der Waals surface area contributed by atoms with Crippen LogP contribution in [0.3, 0.4) is 0 Å². The fraction of sp³-hybridized carbons (Fsp3) is 0.407. The van der Waals surface area contributed by atoms with Crippen molar-refractivity contribution in [3.63, 3.8) is 0 Å². The van der Waals surface area contributed by atoms with Gasteiger partial charge in [0.1, 0.15) is 12.4 Å². The Labute approximate surface area is 209 Å². The molecule has 2 aliphatic rings. The predicted molar refractivity (Wildman–Crippen MR) is 138 cm³/mol. The first-order valence-electron chi connectivity index (χ1n) is 11.8. The largest absolute Gasteiger partial charge is 0.494 e. The number of thiophene rings is 1. The summed E-state index contributed by atoms with van der Waals surface area (Å²) in [7, 11) is 0. The number of carbonyl (C=O) groups excluding carboxylic acids is 2. The second-order valence-electron chi connectivity index (χ2n) is 8.37. The number of Topliss-reactive ketones (excluding diaryl/α,β-unsaturated/α-hetero) is 1. The van der Waals surface area contributed by atoms with E-state index in [1.165, 1.54) is 4.88 Å². The maximum atomic E-state index is 13.6. The zero-order valence-corrected chi connectivity index (χ0v) is 21.5. The minimum atomic E-state index is -0.449. The van der Waals surface area contributed by atoms with Gasteiger partial charge in [-0.15, -0.1) is 11.3 Å². The monoisotopic (exact) mass is 497 g/mol. The number of dihydropyridines is 1. The van der Waals surface area contributed by atoms with E-state index in [1.807, 2.05) is 44.2 Å². The molecule has 1 aromatic heterocycles. The molecule has 0 spiro atoms. The van der Waals surface area contributed by atoms with Crippen LogP contribution in [0.25, 0.3) is 0 Å². The van der Waals surface area contributed by atoms with Gasteiger partial charge in [0.15, 0.2) is 5.78 Å². The summed E-state index contributed by atoms with van der Waals surface area (Å²) in [5.74, 6) is 1.94. The van der Waals surface area contributed by atoms with Gasteiger partial charge in [-0.25, -0.2) is 4.79 Å². The molecule has 4 rings (SSSR count). The summed E-state index contributed by atoms with van der Waals surface area (Å²) in [4.78, 5) is 28.1. The summed E-state index contributed by atoms with van der Waals surface area (Å²) < 4.78 is 11.3. The molecule has 0 radical (unpaired) electrons. The van der Waals surface area contributed by atoms with Crippen LogP contribution in [0.1, 0.15) is 55.9 Å². The lowest BCUT2D eigenvalue weighted by Crippen LogP contribution is -2.36. The van der Waals surface area contributed by atoms with Crippen molar-refractivity contribution in [1.82, 2.24) is 5.32 Å². The molecule has 0 saturated heterocycles. The van der Waals surface area contributed by atoms with Gasteiger partial charge in [-0.3, -0.25) is 4.79 Å². The topological polar surface area (TPSA) is 64.6 Å². The number of benzene rings is 1. The van der Waals surface area contributed by atoms with Crippen molar-refractivity contribution < 1.29 is 19.1 Å². The van der Waals surface area contributed by atoms with Crippen molar-refractivity contribution >= 4 is 34.9 Å². The average Bonchev–Trinajstić information content (AvgIpc) is 3.37. The van der Waals surface area contributed by atoms with Crippen LogP contribution >= 0.6 is 23.1 Å². The first kappa shape index (κ1) is 24.6. The quantitative estimate of drug-likeness (QED) is 0.349. The summed E-state index contributed by atoms with van der Waals surface area (Å²) in [5.41, 5.74) is 3.79. The van der Waals surface area contributed by atoms with E-state index >= 15 is 0 Å². The van der Waals surface area contributed by atoms with Crippen molar-refractivity contribution in [3.05, 3.63) is 74.8 Å². The Bertz CT molecular complexity index is 1090. The number of rotatable bonds is 9. The Hall–Kier alpha value is -2.51. The first-order valence-corrected chi connectivity index (χ1v) is 13.8. The van der Waals surface area contributed by atoms with E-state index in [2.05, 4.69) is 23.7 Å². The highest BCUT2D eigenvalue weighted by molar-refractivity contribution is 7.99. The fourth-order valence-electron chi connectivity index (χ4n) is 4.71. The lowest BCUT2D eigenvalue weighted by Gasteiger charge is -2.36. The molecule has 5 nitrogen and oxygen atoms in total. The zero-order chi connectivity index (χ0) is 24.1. The SMILES string of the molecule is CCOc1ccc([C@@H]2C(C(=O)OCCSCC)=C(C)NC3=C2C(=O)C[C@@H](c2cccs2)C3)cc1. The standard InChI is InChI=1S/C27H31NO4S2/c1-4-31-20-10-8-18(9-11-20)25-24(27(30)32-12-14-33-5-2)17(3)28-21-15-19(16-22(29)26(21)25)23-7-6-13-34-23/h6-11,13,19,25,28H,4-5,12,14-16H2,1-3H3/t19-,25+/m0/s1. The molecule has 1 aromatic carbocycles. The number of nitrogens with one attached hydrogen (secondary N) is 1. The minimum Gasteiger partial charge on any atom is -0.494 e. The van der Waals surface area contributed by atoms with E-state index in [0.717, 1.165) is 40.6 Å². The Balaban J connectivity index is 1.70. The molecule has 2 atom stereocenters. The first-order chi connectivity index (χ1) is 16.5.